The average Bonchev–Trinajstić information content (AvgIpc) is 3.43. The summed E-state index contributed by atoms with van der Waals surface area (Å²) >= 11 is 8.58. The Morgan fingerprint density at radius 3 is 2.60 bits per heavy atom. The summed E-state index contributed by atoms with van der Waals surface area (Å²) in [5, 5.41) is 4.41. The Bertz CT molecular complexity index is 1610. The minimum absolute atomic E-state index is 0.281. The monoisotopic (exact) mass is 578 g/mol. The molecule has 10 heteroatoms. The molecule has 1 saturated heterocycles. The number of halogens is 2. The van der Waals surface area contributed by atoms with Crippen molar-refractivity contribution in [1.82, 2.24) is 24.3 Å². The van der Waals surface area contributed by atoms with Crippen molar-refractivity contribution in [3.63, 3.8) is 0 Å². The zero-order chi connectivity index (χ0) is 28.1. The number of aromatic nitrogens is 3. The van der Waals surface area contributed by atoms with Gasteiger partial charge in [0.05, 0.1) is 22.1 Å². The smallest absolute Gasteiger partial charge is 0.291 e. The Balaban J connectivity index is 1.27. The number of carbonyl (C=O) groups is 1. The third-order valence-electron chi connectivity index (χ3n) is 7.93. The minimum Gasteiger partial charge on any atom is -0.327 e. The molecule has 2 aromatic heterocycles. The maximum Gasteiger partial charge on any atom is 0.291 e. The summed E-state index contributed by atoms with van der Waals surface area (Å²) in [6.07, 6.45) is 0.143. The van der Waals surface area contributed by atoms with Crippen molar-refractivity contribution in [3.05, 3.63) is 74.8 Å². The molecule has 0 saturated carbocycles. The lowest BCUT2D eigenvalue weighted by Gasteiger charge is -2.33. The molecule has 4 heterocycles. The van der Waals surface area contributed by atoms with E-state index in [1.165, 1.54) is 0 Å². The second kappa shape index (κ2) is 10.7. The SMILES string of the molecule is Cc1sc(-c2cccc(-c3cccc(NC(=O)c4nc5c(n4C)CCN(C)C5)c3Cl)c2C)nc1CN1CC(F)C1. The highest BCUT2D eigenvalue weighted by Gasteiger charge is 2.28. The van der Waals surface area contributed by atoms with Crippen LogP contribution in [0.5, 0.6) is 0 Å². The number of likely N-dealkylation sites (tertiary alicyclic amines) is 1. The van der Waals surface area contributed by atoms with Gasteiger partial charge in [-0.15, -0.1) is 11.3 Å². The maximum absolute atomic E-state index is 13.3. The molecule has 40 heavy (non-hydrogen) atoms. The molecule has 2 aliphatic heterocycles. The van der Waals surface area contributed by atoms with E-state index in [9.17, 15) is 9.18 Å². The molecule has 0 bridgehead atoms. The number of nitrogens with zero attached hydrogens (tertiary/aromatic N) is 5. The molecule has 0 unspecified atom stereocenters. The molecule has 7 nitrogen and oxygen atoms in total. The molecular formula is C30H32ClFN6OS. The Morgan fingerprint density at radius 2 is 1.82 bits per heavy atom. The van der Waals surface area contributed by atoms with Gasteiger partial charge >= 0.3 is 0 Å². The van der Waals surface area contributed by atoms with E-state index in [1.807, 2.05) is 41.9 Å². The number of thiazole rings is 1. The van der Waals surface area contributed by atoms with Crippen molar-refractivity contribution >= 4 is 34.5 Å². The van der Waals surface area contributed by atoms with E-state index >= 15 is 0 Å². The summed E-state index contributed by atoms with van der Waals surface area (Å²) in [4.78, 5) is 28.3. The summed E-state index contributed by atoms with van der Waals surface area (Å²) in [5.74, 6) is 0.103. The fraction of sp³-hybridized carbons (Fsp3) is 0.367. The summed E-state index contributed by atoms with van der Waals surface area (Å²) in [7, 11) is 3.95. The van der Waals surface area contributed by atoms with Crippen molar-refractivity contribution in [2.24, 2.45) is 7.05 Å². The highest BCUT2D eigenvalue weighted by Crippen LogP contribution is 2.40. The molecule has 0 atom stereocenters. The van der Waals surface area contributed by atoms with Gasteiger partial charge in [0.15, 0.2) is 5.82 Å². The van der Waals surface area contributed by atoms with Crippen LogP contribution < -0.4 is 5.32 Å². The van der Waals surface area contributed by atoms with Crippen LogP contribution in [0.2, 0.25) is 5.02 Å². The second-order valence-corrected chi connectivity index (χ2v) is 12.4. The molecule has 1 amide bonds. The Hall–Kier alpha value is -3.11. The topological polar surface area (TPSA) is 66.3 Å². The van der Waals surface area contributed by atoms with Crippen LogP contribution in [0.4, 0.5) is 10.1 Å². The number of imidazole rings is 1. The van der Waals surface area contributed by atoms with Gasteiger partial charge in [0.1, 0.15) is 11.2 Å². The van der Waals surface area contributed by atoms with Gasteiger partial charge in [-0.05, 0) is 38.1 Å². The number of carbonyl (C=O) groups excluding carboxylic acids is 1. The van der Waals surface area contributed by atoms with E-state index in [0.29, 0.717) is 36.2 Å². The lowest BCUT2D eigenvalue weighted by atomic mass is 9.96. The molecule has 0 aliphatic carbocycles. The van der Waals surface area contributed by atoms with Gasteiger partial charge in [0.2, 0.25) is 0 Å². The highest BCUT2D eigenvalue weighted by atomic mass is 35.5. The molecule has 1 fully saturated rings. The van der Waals surface area contributed by atoms with Gasteiger partial charge < -0.3 is 14.8 Å². The van der Waals surface area contributed by atoms with E-state index in [0.717, 1.165) is 68.7 Å². The number of anilines is 1. The van der Waals surface area contributed by atoms with Gasteiger partial charge in [-0.2, -0.15) is 0 Å². The summed E-state index contributed by atoms with van der Waals surface area (Å²) in [6.45, 7) is 7.45. The lowest BCUT2D eigenvalue weighted by Crippen LogP contribution is -2.47. The Morgan fingerprint density at radius 1 is 1.10 bits per heavy atom. The normalized spacial score (nSPS) is 16.1. The Kier molecular flexibility index (Phi) is 7.25. The predicted molar refractivity (Wildman–Crippen MR) is 159 cm³/mol. The van der Waals surface area contributed by atoms with E-state index in [2.05, 4.69) is 47.1 Å². The van der Waals surface area contributed by atoms with Crippen molar-refractivity contribution in [2.75, 3.05) is 32.0 Å². The zero-order valence-electron chi connectivity index (χ0n) is 23.1. The largest absolute Gasteiger partial charge is 0.327 e. The minimum atomic E-state index is -0.723. The number of fused-ring (bicyclic) bond motifs is 1. The number of nitrogens with one attached hydrogen (secondary N) is 1. The van der Waals surface area contributed by atoms with Crippen LogP contribution in [-0.4, -0.2) is 63.1 Å². The van der Waals surface area contributed by atoms with Crippen LogP contribution in [0.3, 0.4) is 0 Å². The number of benzene rings is 2. The van der Waals surface area contributed by atoms with Gasteiger partial charge in [0, 0.05) is 67.9 Å². The number of aryl methyl sites for hydroxylation is 1. The number of hydrogen-bond acceptors (Lipinski definition) is 6. The first kappa shape index (κ1) is 27.1. The Labute approximate surface area is 242 Å². The van der Waals surface area contributed by atoms with Crippen molar-refractivity contribution in [3.8, 4) is 21.7 Å². The molecule has 1 N–H and O–H groups in total. The lowest BCUT2D eigenvalue weighted by molar-refractivity contribution is 0.0581. The van der Waals surface area contributed by atoms with E-state index in [4.69, 9.17) is 16.6 Å². The van der Waals surface area contributed by atoms with Gasteiger partial charge in [0.25, 0.3) is 5.91 Å². The zero-order valence-corrected chi connectivity index (χ0v) is 24.7. The van der Waals surface area contributed by atoms with Crippen LogP contribution in [0.1, 0.15) is 38.1 Å². The number of alkyl halides is 1. The summed E-state index contributed by atoms with van der Waals surface area (Å²) < 4.78 is 15.2. The van der Waals surface area contributed by atoms with Crippen molar-refractivity contribution in [1.29, 1.82) is 0 Å². The number of likely N-dealkylation sites (N-methyl/N-ethyl adjacent to an activating group) is 1. The number of rotatable bonds is 6. The fourth-order valence-electron chi connectivity index (χ4n) is 5.57. The van der Waals surface area contributed by atoms with Crippen LogP contribution in [-0.2, 0) is 26.6 Å². The van der Waals surface area contributed by atoms with Gasteiger partial charge in [-0.3, -0.25) is 9.69 Å². The van der Waals surface area contributed by atoms with Crippen LogP contribution in [0.25, 0.3) is 21.7 Å². The third kappa shape index (κ3) is 4.96. The molecular weight excluding hydrogens is 547 g/mol. The molecule has 6 rings (SSSR count). The number of amides is 1. The summed E-state index contributed by atoms with van der Waals surface area (Å²) in [6, 6.07) is 11.8. The third-order valence-corrected chi connectivity index (χ3v) is 9.38. The van der Waals surface area contributed by atoms with E-state index in [1.54, 1.807) is 11.3 Å². The van der Waals surface area contributed by atoms with Crippen LogP contribution in [0, 0.1) is 13.8 Å². The number of hydrogen-bond donors (Lipinski definition) is 1. The quantitative estimate of drug-likeness (QED) is 0.310. The first-order valence-electron chi connectivity index (χ1n) is 13.5. The van der Waals surface area contributed by atoms with Crippen LogP contribution >= 0.6 is 22.9 Å². The predicted octanol–water partition coefficient (Wildman–Crippen LogP) is 5.87. The molecule has 0 radical (unpaired) electrons. The van der Waals surface area contributed by atoms with Crippen LogP contribution in [0.15, 0.2) is 36.4 Å². The second-order valence-electron chi connectivity index (χ2n) is 10.8. The van der Waals surface area contributed by atoms with Crippen molar-refractivity contribution in [2.45, 2.75) is 39.5 Å². The molecule has 2 aliphatic rings. The van der Waals surface area contributed by atoms with E-state index < -0.39 is 6.17 Å². The molecule has 208 valence electrons. The standard InChI is InChI=1S/C30H32ClFN6OS/c1-17-20(7-5-8-21(17)30-35-24(18(2)40-30)16-38-13-19(32)14-38)22-9-6-10-23(27(22)31)34-29(39)28-33-25-15-36(3)12-11-26(25)37(28)4/h5-10,19H,11-16H2,1-4H3,(H,34,39). The van der Waals surface area contributed by atoms with Gasteiger partial charge in [-0.1, -0.05) is 41.9 Å². The summed E-state index contributed by atoms with van der Waals surface area (Å²) in [5.41, 5.74) is 7.51. The molecule has 4 aromatic rings. The van der Waals surface area contributed by atoms with E-state index in [-0.39, 0.29) is 5.91 Å². The first-order valence-corrected chi connectivity index (χ1v) is 14.6. The first-order chi connectivity index (χ1) is 19.2. The van der Waals surface area contributed by atoms with Gasteiger partial charge in [-0.25, -0.2) is 14.4 Å². The fourth-order valence-corrected chi connectivity index (χ4v) is 6.85. The average molecular weight is 579 g/mol. The maximum atomic E-state index is 13.3. The molecule has 2 aromatic carbocycles. The van der Waals surface area contributed by atoms with Crippen molar-refractivity contribution < 1.29 is 9.18 Å². The molecule has 0 spiro atoms. The highest BCUT2D eigenvalue weighted by molar-refractivity contribution is 7.15.